The van der Waals surface area contributed by atoms with Crippen LogP contribution in [-0.4, -0.2) is 23.6 Å². The normalized spacial score (nSPS) is 16.6. The van der Waals surface area contributed by atoms with Crippen LogP contribution in [0.2, 0.25) is 0 Å². The zero-order valence-corrected chi connectivity index (χ0v) is 13.1. The Morgan fingerprint density at radius 1 is 1.17 bits per heavy atom. The molecule has 0 saturated heterocycles. The summed E-state index contributed by atoms with van der Waals surface area (Å²) in [6.07, 6.45) is -2.60. The zero-order chi connectivity index (χ0) is 17.3. The minimum absolute atomic E-state index is 0.235. The van der Waals surface area contributed by atoms with Gasteiger partial charge in [-0.2, -0.15) is 13.2 Å². The summed E-state index contributed by atoms with van der Waals surface area (Å²) >= 11 is 0. The Labute approximate surface area is 138 Å². The van der Waals surface area contributed by atoms with Crippen LogP contribution < -0.4 is 4.90 Å². The number of amides is 1. The number of alkyl halides is 3. The molecule has 1 aliphatic rings. The zero-order valence-electron chi connectivity index (χ0n) is 13.1. The smallest absolute Gasteiger partial charge is 0.296 e. The lowest BCUT2D eigenvalue weighted by Crippen LogP contribution is -2.44. The van der Waals surface area contributed by atoms with E-state index in [1.165, 1.54) is 18.0 Å². The van der Waals surface area contributed by atoms with Gasteiger partial charge in [0.2, 0.25) is 5.91 Å². The highest BCUT2D eigenvalue weighted by Crippen LogP contribution is 2.40. The molecular formula is C18H17F3N2O. The molecule has 1 aromatic heterocycles. The number of pyridine rings is 1. The van der Waals surface area contributed by atoms with Crippen LogP contribution in [0.1, 0.15) is 24.0 Å². The van der Waals surface area contributed by atoms with E-state index in [-0.39, 0.29) is 6.54 Å². The van der Waals surface area contributed by atoms with Gasteiger partial charge >= 0.3 is 6.18 Å². The molecule has 3 nitrogen and oxygen atoms in total. The van der Waals surface area contributed by atoms with Crippen LogP contribution in [0.5, 0.6) is 0 Å². The van der Waals surface area contributed by atoms with E-state index in [2.05, 4.69) is 4.98 Å². The summed E-state index contributed by atoms with van der Waals surface area (Å²) in [5, 5.41) is 0. The first-order chi connectivity index (χ1) is 11.4. The lowest BCUT2D eigenvalue weighted by atomic mass is 9.86. The summed E-state index contributed by atoms with van der Waals surface area (Å²) in [4.78, 5) is 18.0. The van der Waals surface area contributed by atoms with Crippen LogP contribution in [0.3, 0.4) is 0 Å². The summed E-state index contributed by atoms with van der Waals surface area (Å²) < 4.78 is 41.0. The van der Waals surface area contributed by atoms with E-state index in [0.29, 0.717) is 17.8 Å². The summed E-state index contributed by atoms with van der Waals surface area (Å²) in [5.74, 6) is -3.65. The van der Waals surface area contributed by atoms with Crippen molar-refractivity contribution in [1.82, 2.24) is 4.98 Å². The lowest BCUT2D eigenvalue weighted by molar-refractivity contribution is -0.185. The topological polar surface area (TPSA) is 33.2 Å². The molecule has 6 heteroatoms. The van der Waals surface area contributed by atoms with E-state index < -0.39 is 23.9 Å². The fraction of sp³-hybridized carbons (Fsp3) is 0.333. The van der Waals surface area contributed by atoms with Crippen molar-refractivity contribution in [3.05, 3.63) is 59.8 Å². The van der Waals surface area contributed by atoms with Crippen molar-refractivity contribution in [1.29, 1.82) is 0 Å². The number of rotatable bonds is 3. The third-order valence-electron chi connectivity index (χ3n) is 4.44. The molecule has 0 N–H and O–H groups in total. The van der Waals surface area contributed by atoms with Gasteiger partial charge in [0.1, 0.15) is 11.7 Å². The second-order valence-corrected chi connectivity index (χ2v) is 5.94. The van der Waals surface area contributed by atoms with Gasteiger partial charge in [-0.15, -0.1) is 0 Å². The van der Waals surface area contributed by atoms with Crippen molar-refractivity contribution in [2.45, 2.75) is 25.4 Å². The van der Waals surface area contributed by atoms with Crippen molar-refractivity contribution in [2.24, 2.45) is 5.92 Å². The van der Waals surface area contributed by atoms with E-state index >= 15 is 0 Å². The molecule has 1 amide bonds. The predicted molar refractivity (Wildman–Crippen MR) is 84.7 cm³/mol. The molecule has 0 saturated carbocycles. The molecule has 126 valence electrons. The lowest BCUT2D eigenvalue weighted by Gasteiger charge is -2.29. The molecule has 0 unspecified atom stereocenters. The fourth-order valence-electron chi connectivity index (χ4n) is 3.18. The Hall–Kier alpha value is -2.37. The summed E-state index contributed by atoms with van der Waals surface area (Å²) in [6.45, 7) is 1.68. The van der Waals surface area contributed by atoms with Gasteiger partial charge in [0, 0.05) is 18.7 Å². The average molecular weight is 334 g/mol. The standard InChI is InChI=1S/C18H17F3N2O/c1-12(13-6-3-2-4-7-13)15(18(19,20)21)17(24)23-11-9-14-8-5-10-22-16(14)23/h2-8,10,12,15H,9,11H2,1H3/t12-,15+/m1/s1. The second-order valence-electron chi connectivity index (χ2n) is 5.94. The summed E-state index contributed by atoms with van der Waals surface area (Å²) in [5.41, 5.74) is 1.30. The molecule has 0 bridgehead atoms. The number of fused-ring (bicyclic) bond motifs is 1. The molecule has 1 aliphatic heterocycles. The van der Waals surface area contributed by atoms with Gasteiger partial charge in [0.15, 0.2) is 0 Å². The maximum atomic E-state index is 13.7. The third-order valence-corrected chi connectivity index (χ3v) is 4.44. The van der Waals surface area contributed by atoms with Gasteiger partial charge in [0.05, 0.1) is 0 Å². The SMILES string of the molecule is C[C@H](c1ccccc1)[C@@H](C(=O)N1CCc2cccnc21)C(F)(F)F. The van der Waals surface area contributed by atoms with Gasteiger partial charge in [-0.3, -0.25) is 9.69 Å². The molecule has 0 spiro atoms. The maximum Gasteiger partial charge on any atom is 0.401 e. The minimum Gasteiger partial charge on any atom is -0.296 e. The minimum atomic E-state index is -4.62. The van der Waals surface area contributed by atoms with Crippen LogP contribution >= 0.6 is 0 Å². The highest BCUT2D eigenvalue weighted by atomic mass is 19.4. The first-order valence-electron chi connectivity index (χ1n) is 7.76. The average Bonchev–Trinajstić information content (AvgIpc) is 2.98. The monoisotopic (exact) mass is 334 g/mol. The molecule has 2 atom stereocenters. The van der Waals surface area contributed by atoms with Crippen molar-refractivity contribution >= 4 is 11.7 Å². The predicted octanol–water partition coefficient (Wildman–Crippen LogP) is 3.95. The number of carbonyl (C=O) groups is 1. The molecular weight excluding hydrogens is 317 g/mol. The first kappa shape index (κ1) is 16.5. The van der Waals surface area contributed by atoms with Crippen LogP contribution in [0.15, 0.2) is 48.7 Å². The summed E-state index contributed by atoms with van der Waals surface area (Å²) in [6, 6.07) is 11.8. The molecule has 2 heterocycles. The molecule has 2 aromatic rings. The van der Waals surface area contributed by atoms with Gasteiger partial charge in [-0.05, 0) is 23.6 Å². The quantitative estimate of drug-likeness (QED) is 0.851. The third kappa shape index (κ3) is 3.00. The molecule has 0 radical (unpaired) electrons. The van der Waals surface area contributed by atoms with Gasteiger partial charge in [-0.1, -0.05) is 43.3 Å². The molecule has 0 fully saturated rings. The first-order valence-corrected chi connectivity index (χ1v) is 7.76. The van der Waals surface area contributed by atoms with E-state index in [0.717, 1.165) is 5.56 Å². The Morgan fingerprint density at radius 3 is 2.54 bits per heavy atom. The Bertz CT molecular complexity index is 731. The highest BCUT2D eigenvalue weighted by Gasteiger charge is 2.51. The highest BCUT2D eigenvalue weighted by molar-refractivity contribution is 5.97. The molecule has 1 aromatic carbocycles. The maximum absolute atomic E-state index is 13.7. The van der Waals surface area contributed by atoms with Gasteiger partial charge in [0.25, 0.3) is 0 Å². The Balaban J connectivity index is 1.94. The van der Waals surface area contributed by atoms with Crippen LogP contribution in [0.25, 0.3) is 0 Å². The van der Waals surface area contributed by atoms with Crippen molar-refractivity contribution < 1.29 is 18.0 Å². The molecule has 3 rings (SSSR count). The van der Waals surface area contributed by atoms with Crippen LogP contribution in [-0.2, 0) is 11.2 Å². The van der Waals surface area contributed by atoms with Crippen LogP contribution in [0, 0.1) is 5.92 Å². The number of nitrogens with zero attached hydrogens (tertiary/aromatic N) is 2. The number of carbonyl (C=O) groups excluding carboxylic acids is 1. The fourth-order valence-corrected chi connectivity index (χ4v) is 3.18. The summed E-state index contributed by atoms with van der Waals surface area (Å²) in [7, 11) is 0. The number of anilines is 1. The Kier molecular flexibility index (Phi) is 4.30. The molecule has 0 aliphatic carbocycles. The van der Waals surface area contributed by atoms with E-state index in [1.807, 2.05) is 0 Å². The van der Waals surface area contributed by atoms with E-state index in [4.69, 9.17) is 0 Å². The number of benzene rings is 1. The number of hydrogen-bond donors (Lipinski definition) is 0. The number of hydrogen-bond acceptors (Lipinski definition) is 2. The van der Waals surface area contributed by atoms with E-state index in [9.17, 15) is 18.0 Å². The van der Waals surface area contributed by atoms with Crippen molar-refractivity contribution in [3.8, 4) is 0 Å². The van der Waals surface area contributed by atoms with E-state index in [1.54, 1.807) is 42.5 Å². The van der Waals surface area contributed by atoms with Crippen molar-refractivity contribution in [2.75, 3.05) is 11.4 Å². The molecule has 24 heavy (non-hydrogen) atoms. The van der Waals surface area contributed by atoms with Gasteiger partial charge in [-0.25, -0.2) is 4.98 Å². The Morgan fingerprint density at radius 2 is 1.88 bits per heavy atom. The largest absolute Gasteiger partial charge is 0.401 e. The number of aromatic nitrogens is 1. The van der Waals surface area contributed by atoms with Crippen LogP contribution in [0.4, 0.5) is 19.0 Å². The van der Waals surface area contributed by atoms with Gasteiger partial charge < -0.3 is 0 Å². The van der Waals surface area contributed by atoms with Crippen molar-refractivity contribution in [3.63, 3.8) is 0 Å². The second kappa shape index (κ2) is 6.26. The number of halogens is 3.